The maximum Gasteiger partial charge on any atom is 0.254 e. The van der Waals surface area contributed by atoms with Gasteiger partial charge < -0.3 is 14.8 Å². The molecule has 1 heterocycles. The van der Waals surface area contributed by atoms with Crippen LogP contribution in [-0.4, -0.2) is 18.7 Å². The number of aryl methyl sites for hydroxylation is 1. The van der Waals surface area contributed by atoms with Gasteiger partial charge in [0.05, 0.1) is 12.2 Å². The number of carbonyl (C=O) groups excluding carboxylic acids is 1. The van der Waals surface area contributed by atoms with Crippen molar-refractivity contribution in [2.75, 3.05) is 6.61 Å². The number of nitrogens with zero attached hydrogens (tertiary/aromatic N) is 1. The molecule has 1 aromatic heterocycles. The Morgan fingerprint density at radius 3 is 2.60 bits per heavy atom. The zero-order chi connectivity index (χ0) is 29.3. The van der Waals surface area contributed by atoms with Crippen LogP contribution in [0.5, 0.6) is 11.5 Å². The molecule has 1 amide bonds. The first-order chi connectivity index (χ1) is 20.6. The van der Waals surface area contributed by atoms with E-state index in [0.29, 0.717) is 48.3 Å². The van der Waals surface area contributed by atoms with Gasteiger partial charge in [-0.1, -0.05) is 60.1 Å². The molecule has 0 radical (unpaired) electrons. The second-order valence-electron chi connectivity index (χ2n) is 10.2. The number of allylic oxidation sites excluding steroid dienone is 1. The summed E-state index contributed by atoms with van der Waals surface area (Å²) in [5, 5.41) is 4.56. The van der Waals surface area contributed by atoms with Gasteiger partial charge in [0, 0.05) is 28.2 Å². The van der Waals surface area contributed by atoms with Crippen LogP contribution < -0.4 is 14.8 Å². The summed E-state index contributed by atoms with van der Waals surface area (Å²) in [5.41, 5.74) is 5.76. The number of hydrogen-bond donors (Lipinski definition) is 1. The highest BCUT2D eigenvalue weighted by Crippen LogP contribution is 2.40. The van der Waals surface area contributed by atoms with Gasteiger partial charge in [-0.05, 0) is 85.5 Å². The summed E-state index contributed by atoms with van der Waals surface area (Å²) in [6.45, 7) is 7.26. The van der Waals surface area contributed by atoms with Crippen molar-refractivity contribution in [3.05, 3.63) is 123 Å². The van der Waals surface area contributed by atoms with Gasteiger partial charge >= 0.3 is 0 Å². The van der Waals surface area contributed by atoms with Crippen LogP contribution in [0.1, 0.15) is 62.8 Å². The molecule has 0 unspecified atom stereocenters. The highest BCUT2D eigenvalue weighted by molar-refractivity contribution is 7.16. The number of fused-ring (bicyclic) bond motifs is 1. The summed E-state index contributed by atoms with van der Waals surface area (Å²) in [5.74, 6) is 1.27. The van der Waals surface area contributed by atoms with Crippen molar-refractivity contribution in [3.63, 3.8) is 0 Å². The van der Waals surface area contributed by atoms with Gasteiger partial charge in [-0.25, -0.2) is 4.99 Å². The molecule has 0 bridgehead atoms. The average Bonchev–Trinajstić information content (AvgIpc) is 3.39. The maximum absolute atomic E-state index is 13.5. The quantitative estimate of drug-likeness (QED) is 0.131. The molecule has 4 aromatic rings. The van der Waals surface area contributed by atoms with Crippen LogP contribution >= 0.6 is 22.9 Å². The summed E-state index contributed by atoms with van der Waals surface area (Å²) in [6, 6.07) is 21.6. The van der Waals surface area contributed by atoms with E-state index < -0.39 is 0 Å². The molecule has 1 aliphatic rings. The van der Waals surface area contributed by atoms with E-state index in [1.54, 1.807) is 11.3 Å². The Kier molecular flexibility index (Phi) is 10.1. The SMILES string of the molecule is C=CCc1cc(C=Nc2sc3c(c2C(=O)NCc2ccccc2)CCCC3)cc(OCC)c1OCc1ccc(Cl)cc1. The van der Waals surface area contributed by atoms with Gasteiger partial charge in [0.2, 0.25) is 0 Å². The molecule has 216 valence electrons. The van der Waals surface area contributed by atoms with Gasteiger partial charge in [-0.15, -0.1) is 17.9 Å². The highest BCUT2D eigenvalue weighted by atomic mass is 35.5. The number of nitrogens with one attached hydrogen (secondary N) is 1. The minimum Gasteiger partial charge on any atom is -0.490 e. The number of halogens is 1. The van der Waals surface area contributed by atoms with E-state index in [4.69, 9.17) is 26.1 Å². The molecule has 7 heteroatoms. The van der Waals surface area contributed by atoms with Crippen LogP contribution in [0.4, 0.5) is 5.00 Å². The Morgan fingerprint density at radius 2 is 1.83 bits per heavy atom. The van der Waals surface area contributed by atoms with Crippen LogP contribution in [0, 0.1) is 0 Å². The van der Waals surface area contributed by atoms with Crippen molar-refractivity contribution < 1.29 is 14.3 Å². The fourth-order valence-corrected chi connectivity index (χ4v) is 6.46. The lowest BCUT2D eigenvalue weighted by molar-refractivity contribution is 0.0951. The largest absolute Gasteiger partial charge is 0.490 e. The molecule has 1 N–H and O–H groups in total. The lowest BCUT2D eigenvalue weighted by atomic mass is 9.95. The van der Waals surface area contributed by atoms with Crippen molar-refractivity contribution in [3.8, 4) is 11.5 Å². The number of amides is 1. The number of hydrogen-bond acceptors (Lipinski definition) is 5. The second-order valence-corrected chi connectivity index (χ2v) is 11.7. The standard InChI is InChI=1S/C35H35ClN2O3S/c1-3-10-27-19-26(20-30(40-4-2)33(27)41-23-25-15-17-28(36)18-16-25)22-38-35-32(29-13-8-9-14-31(29)42-35)34(39)37-21-24-11-6-5-7-12-24/h3,5-7,11-12,15-20,22H,1,4,8-10,13-14,21,23H2,2H3,(H,37,39). The molecule has 0 spiro atoms. The van der Waals surface area contributed by atoms with Crippen LogP contribution in [0.15, 0.2) is 84.4 Å². The van der Waals surface area contributed by atoms with Gasteiger partial charge in [0.15, 0.2) is 11.5 Å². The maximum atomic E-state index is 13.5. The minimum atomic E-state index is -0.0706. The molecule has 0 fully saturated rings. The third kappa shape index (κ3) is 7.30. The number of aliphatic imine (C=N–C) groups is 1. The first-order valence-corrected chi connectivity index (χ1v) is 15.5. The van der Waals surface area contributed by atoms with E-state index >= 15 is 0 Å². The van der Waals surface area contributed by atoms with E-state index in [0.717, 1.165) is 58.5 Å². The smallest absolute Gasteiger partial charge is 0.254 e. The van der Waals surface area contributed by atoms with E-state index in [-0.39, 0.29) is 5.91 Å². The van der Waals surface area contributed by atoms with Gasteiger partial charge in [0.1, 0.15) is 11.6 Å². The fraction of sp³-hybridized carbons (Fsp3) is 0.257. The molecule has 0 aliphatic heterocycles. The molecule has 0 saturated carbocycles. The molecule has 0 saturated heterocycles. The lowest BCUT2D eigenvalue weighted by Crippen LogP contribution is -2.24. The molecular weight excluding hydrogens is 564 g/mol. The number of benzene rings is 3. The minimum absolute atomic E-state index is 0.0706. The first-order valence-electron chi connectivity index (χ1n) is 14.3. The summed E-state index contributed by atoms with van der Waals surface area (Å²) in [7, 11) is 0. The molecule has 3 aromatic carbocycles. The predicted octanol–water partition coefficient (Wildman–Crippen LogP) is 8.67. The molecule has 5 rings (SSSR count). The Bertz CT molecular complexity index is 1560. The van der Waals surface area contributed by atoms with E-state index in [1.807, 2.05) is 85.9 Å². The molecule has 1 aliphatic carbocycles. The summed E-state index contributed by atoms with van der Waals surface area (Å²) >= 11 is 7.67. The normalized spacial score (nSPS) is 12.6. The second kappa shape index (κ2) is 14.3. The molecule has 0 atom stereocenters. The van der Waals surface area contributed by atoms with Gasteiger partial charge in [-0.2, -0.15) is 0 Å². The van der Waals surface area contributed by atoms with Crippen LogP contribution in [0.25, 0.3) is 0 Å². The summed E-state index contributed by atoms with van der Waals surface area (Å²) in [6.07, 6.45) is 8.41. The third-order valence-corrected chi connectivity index (χ3v) is 8.57. The van der Waals surface area contributed by atoms with E-state index in [1.165, 1.54) is 4.88 Å². The van der Waals surface area contributed by atoms with Crippen molar-refractivity contribution in [1.29, 1.82) is 0 Å². The number of carbonyl (C=O) groups is 1. The number of thiophene rings is 1. The monoisotopic (exact) mass is 598 g/mol. The van der Waals surface area contributed by atoms with E-state index in [9.17, 15) is 4.79 Å². The topological polar surface area (TPSA) is 59.9 Å². The summed E-state index contributed by atoms with van der Waals surface area (Å²) < 4.78 is 12.3. The molecule has 42 heavy (non-hydrogen) atoms. The molecule has 5 nitrogen and oxygen atoms in total. The van der Waals surface area contributed by atoms with Crippen molar-refractivity contribution >= 4 is 40.1 Å². The Morgan fingerprint density at radius 1 is 1.05 bits per heavy atom. The summed E-state index contributed by atoms with van der Waals surface area (Å²) in [4.78, 5) is 19.6. The third-order valence-electron chi connectivity index (χ3n) is 7.12. The van der Waals surface area contributed by atoms with Gasteiger partial charge in [-0.3, -0.25) is 4.79 Å². The zero-order valence-corrected chi connectivity index (χ0v) is 25.4. The predicted molar refractivity (Wildman–Crippen MR) is 173 cm³/mol. The van der Waals surface area contributed by atoms with Crippen LogP contribution in [0.2, 0.25) is 5.02 Å². The van der Waals surface area contributed by atoms with Crippen molar-refractivity contribution in [2.45, 2.75) is 52.2 Å². The Labute approximate surface area is 256 Å². The fourth-order valence-electron chi connectivity index (χ4n) is 5.10. The van der Waals surface area contributed by atoms with Crippen molar-refractivity contribution in [1.82, 2.24) is 5.32 Å². The van der Waals surface area contributed by atoms with Crippen LogP contribution in [0.3, 0.4) is 0 Å². The first kappa shape index (κ1) is 29.6. The Balaban J connectivity index is 1.43. The lowest BCUT2D eigenvalue weighted by Gasteiger charge is -2.17. The van der Waals surface area contributed by atoms with Crippen molar-refractivity contribution in [2.24, 2.45) is 4.99 Å². The molecular formula is C35H35ClN2O3S. The number of ether oxygens (including phenoxy) is 2. The Hall–Kier alpha value is -3.87. The average molecular weight is 599 g/mol. The highest BCUT2D eigenvalue weighted by Gasteiger charge is 2.25. The van der Waals surface area contributed by atoms with Gasteiger partial charge in [0.25, 0.3) is 5.91 Å². The van der Waals surface area contributed by atoms with E-state index in [2.05, 4.69) is 11.9 Å². The zero-order valence-electron chi connectivity index (χ0n) is 23.8. The number of rotatable bonds is 12. The van der Waals surface area contributed by atoms with Crippen LogP contribution in [-0.2, 0) is 32.4 Å².